The van der Waals surface area contributed by atoms with Crippen LogP contribution in [0, 0.1) is 46.3 Å². The third kappa shape index (κ3) is 3.43. The van der Waals surface area contributed by atoms with Crippen LogP contribution in [0.15, 0.2) is 0 Å². The van der Waals surface area contributed by atoms with E-state index in [9.17, 15) is 5.11 Å². The summed E-state index contributed by atoms with van der Waals surface area (Å²) < 4.78 is 0. The summed E-state index contributed by atoms with van der Waals surface area (Å²) in [6.07, 6.45) is 17.0. The molecule has 1 N–H and O–H groups in total. The maximum atomic E-state index is 10.1. The largest absolute Gasteiger partial charge is 0.390 e. The van der Waals surface area contributed by atoms with Crippen LogP contribution in [-0.2, 0) is 0 Å². The Morgan fingerprint density at radius 1 is 0.926 bits per heavy atom. The van der Waals surface area contributed by atoms with Crippen molar-refractivity contribution in [2.24, 2.45) is 46.3 Å². The second kappa shape index (κ2) is 7.03. The molecule has 4 aliphatic carbocycles. The predicted molar refractivity (Wildman–Crippen MR) is 115 cm³/mol. The van der Waals surface area contributed by atoms with Crippen molar-refractivity contribution in [1.82, 2.24) is 0 Å². The van der Waals surface area contributed by atoms with Gasteiger partial charge in [-0.2, -0.15) is 0 Å². The van der Waals surface area contributed by atoms with Gasteiger partial charge < -0.3 is 5.11 Å². The first kappa shape index (κ1) is 20.2. The van der Waals surface area contributed by atoms with Crippen molar-refractivity contribution in [3.05, 3.63) is 0 Å². The molecule has 0 saturated heterocycles. The van der Waals surface area contributed by atoms with E-state index in [2.05, 4.69) is 20.8 Å². The molecule has 1 heteroatoms. The minimum atomic E-state index is -0.487. The van der Waals surface area contributed by atoms with E-state index < -0.39 is 5.60 Å². The number of hydrogen-bond acceptors (Lipinski definition) is 1. The Morgan fingerprint density at radius 3 is 2.41 bits per heavy atom. The van der Waals surface area contributed by atoms with Gasteiger partial charge in [0.25, 0.3) is 0 Å². The molecule has 8 atom stereocenters. The minimum Gasteiger partial charge on any atom is -0.390 e. The smallest absolute Gasteiger partial charge is 0.0591 e. The molecule has 8 unspecified atom stereocenters. The summed E-state index contributed by atoms with van der Waals surface area (Å²) in [6.45, 7) is 12.0. The lowest BCUT2D eigenvalue weighted by atomic mass is 9.43. The van der Waals surface area contributed by atoms with Crippen molar-refractivity contribution in [2.45, 2.75) is 117 Å². The van der Waals surface area contributed by atoms with Crippen LogP contribution < -0.4 is 0 Å². The van der Waals surface area contributed by atoms with Crippen LogP contribution in [0.2, 0.25) is 0 Å². The fourth-order valence-electron chi connectivity index (χ4n) is 9.03. The molecule has 0 aromatic carbocycles. The van der Waals surface area contributed by atoms with Gasteiger partial charge in [0.15, 0.2) is 0 Å². The maximum absolute atomic E-state index is 10.1. The molecular formula is C26H46O. The Bertz CT molecular complexity index is 533. The summed E-state index contributed by atoms with van der Waals surface area (Å²) in [4.78, 5) is 0. The average molecular weight is 375 g/mol. The lowest BCUT2D eigenvalue weighted by Crippen LogP contribution is -2.55. The molecule has 0 aromatic heterocycles. The molecule has 0 spiro atoms. The second-order valence-corrected chi connectivity index (χ2v) is 12.5. The van der Waals surface area contributed by atoms with Crippen LogP contribution in [0.4, 0.5) is 0 Å². The number of rotatable bonds is 4. The van der Waals surface area contributed by atoms with Gasteiger partial charge in [-0.1, -0.05) is 40.0 Å². The van der Waals surface area contributed by atoms with Crippen molar-refractivity contribution >= 4 is 0 Å². The normalized spacial score (nSPS) is 50.0. The molecule has 0 bridgehead atoms. The maximum Gasteiger partial charge on any atom is 0.0591 e. The molecular weight excluding hydrogens is 328 g/mol. The summed E-state index contributed by atoms with van der Waals surface area (Å²) in [5, 5.41) is 10.1. The highest BCUT2D eigenvalue weighted by Gasteiger charge is 2.61. The number of hydrogen-bond donors (Lipinski definition) is 1. The molecule has 0 radical (unpaired) electrons. The van der Waals surface area contributed by atoms with E-state index in [0.717, 1.165) is 41.9 Å². The lowest BCUT2D eigenvalue weighted by Gasteiger charge is -2.62. The van der Waals surface area contributed by atoms with Crippen LogP contribution in [0.5, 0.6) is 0 Å². The molecule has 4 fully saturated rings. The monoisotopic (exact) mass is 374 g/mol. The highest BCUT2D eigenvalue weighted by molar-refractivity contribution is 5.10. The van der Waals surface area contributed by atoms with E-state index in [0.29, 0.717) is 10.8 Å². The standard InChI is InChI=1S/C26H46O/c1-18-17-20-9-6-7-15-25(20,4)22-13-16-26(5)19(10-8-14-24(2,3)27)11-12-21(26)23(18)22/h18-23,27H,6-17H2,1-5H3. The first-order chi connectivity index (χ1) is 12.7. The molecule has 27 heavy (non-hydrogen) atoms. The Hall–Kier alpha value is -0.0400. The van der Waals surface area contributed by atoms with Gasteiger partial charge in [-0.3, -0.25) is 0 Å². The van der Waals surface area contributed by atoms with Gasteiger partial charge in [0.1, 0.15) is 0 Å². The van der Waals surface area contributed by atoms with Crippen molar-refractivity contribution in [3.63, 3.8) is 0 Å². The molecule has 1 nitrogen and oxygen atoms in total. The Morgan fingerprint density at radius 2 is 1.67 bits per heavy atom. The van der Waals surface area contributed by atoms with Crippen molar-refractivity contribution in [1.29, 1.82) is 0 Å². The minimum absolute atomic E-state index is 0.487. The lowest BCUT2D eigenvalue weighted by molar-refractivity contribution is -0.135. The highest BCUT2D eigenvalue weighted by Crippen LogP contribution is 2.69. The zero-order valence-electron chi connectivity index (χ0n) is 18.9. The van der Waals surface area contributed by atoms with Gasteiger partial charge in [-0.15, -0.1) is 0 Å². The van der Waals surface area contributed by atoms with Gasteiger partial charge in [0, 0.05) is 0 Å². The second-order valence-electron chi connectivity index (χ2n) is 12.5. The van der Waals surface area contributed by atoms with E-state index in [1.807, 2.05) is 13.8 Å². The van der Waals surface area contributed by atoms with Gasteiger partial charge in [-0.25, -0.2) is 0 Å². The van der Waals surface area contributed by atoms with Crippen molar-refractivity contribution < 1.29 is 5.11 Å². The summed E-state index contributed by atoms with van der Waals surface area (Å²) in [6, 6.07) is 0. The van der Waals surface area contributed by atoms with Gasteiger partial charge >= 0.3 is 0 Å². The third-order valence-corrected chi connectivity index (χ3v) is 10.5. The quantitative estimate of drug-likeness (QED) is 0.550. The topological polar surface area (TPSA) is 20.2 Å². The van der Waals surface area contributed by atoms with E-state index in [1.54, 1.807) is 0 Å². The molecule has 0 amide bonds. The van der Waals surface area contributed by atoms with Crippen LogP contribution >= 0.6 is 0 Å². The van der Waals surface area contributed by atoms with Crippen LogP contribution in [0.1, 0.15) is 112 Å². The van der Waals surface area contributed by atoms with Gasteiger partial charge in [-0.05, 0) is 118 Å². The van der Waals surface area contributed by atoms with Crippen LogP contribution in [0.25, 0.3) is 0 Å². The number of fused-ring (bicyclic) bond motifs is 5. The van der Waals surface area contributed by atoms with E-state index in [-0.39, 0.29) is 0 Å². The summed E-state index contributed by atoms with van der Waals surface area (Å²) >= 11 is 0. The molecule has 0 aliphatic heterocycles. The first-order valence-electron chi connectivity index (χ1n) is 12.4. The third-order valence-electron chi connectivity index (χ3n) is 10.5. The Labute approximate surface area is 169 Å². The summed E-state index contributed by atoms with van der Waals surface area (Å²) in [7, 11) is 0. The van der Waals surface area contributed by atoms with Gasteiger partial charge in [0.2, 0.25) is 0 Å². The predicted octanol–water partition coefficient (Wildman–Crippen LogP) is 7.22. The molecule has 0 heterocycles. The molecule has 4 rings (SSSR count). The highest BCUT2D eigenvalue weighted by atomic mass is 16.3. The van der Waals surface area contributed by atoms with Gasteiger partial charge in [0.05, 0.1) is 5.60 Å². The molecule has 156 valence electrons. The summed E-state index contributed by atoms with van der Waals surface area (Å²) in [5.41, 5.74) is 0.766. The SMILES string of the molecule is CC1CC2CCCCC2(C)C2CCC3(C)C(CCCC(C)(C)O)CCC3C12. The zero-order chi connectivity index (χ0) is 19.4. The van der Waals surface area contributed by atoms with E-state index >= 15 is 0 Å². The Kier molecular flexibility index (Phi) is 5.27. The van der Waals surface area contributed by atoms with Crippen LogP contribution in [0.3, 0.4) is 0 Å². The first-order valence-corrected chi connectivity index (χ1v) is 12.4. The number of aliphatic hydroxyl groups is 1. The van der Waals surface area contributed by atoms with Crippen LogP contribution in [-0.4, -0.2) is 10.7 Å². The van der Waals surface area contributed by atoms with E-state index in [4.69, 9.17) is 0 Å². The van der Waals surface area contributed by atoms with Crippen molar-refractivity contribution in [3.8, 4) is 0 Å². The summed E-state index contributed by atoms with van der Waals surface area (Å²) in [5.74, 6) is 5.89. The van der Waals surface area contributed by atoms with Crippen molar-refractivity contribution in [2.75, 3.05) is 0 Å². The molecule has 4 saturated carbocycles. The average Bonchev–Trinajstić information content (AvgIpc) is 2.91. The molecule has 0 aromatic rings. The fourth-order valence-corrected chi connectivity index (χ4v) is 9.03. The zero-order valence-corrected chi connectivity index (χ0v) is 18.9. The fraction of sp³-hybridized carbons (Fsp3) is 1.00. The Balaban J connectivity index is 1.50. The molecule has 4 aliphatic rings. The van der Waals surface area contributed by atoms with E-state index in [1.165, 1.54) is 70.6 Å².